The second-order valence-electron chi connectivity index (χ2n) is 2.64. The molecule has 0 heterocycles. The molecule has 0 saturated heterocycles. The van der Waals surface area contributed by atoms with Crippen molar-refractivity contribution in [2.75, 3.05) is 19.8 Å². The van der Waals surface area contributed by atoms with Crippen molar-refractivity contribution < 1.29 is 13.9 Å². The molecule has 0 spiro atoms. The molecule has 11 heavy (non-hydrogen) atoms. The maximum atomic E-state index is 12.7. The van der Waals surface area contributed by atoms with Gasteiger partial charge in [-0.15, -0.1) is 0 Å². The summed E-state index contributed by atoms with van der Waals surface area (Å²) in [5.74, 6) is 0. The van der Waals surface area contributed by atoms with Crippen LogP contribution in [-0.2, 0) is 9.47 Å². The highest BCUT2D eigenvalue weighted by Gasteiger charge is 2.06. The van der Waals surface area contributed by atoms with Crippen LogP contribution in [0.25, 0.3) is 0 Å². The fraction of sp³-hybridized carbons (Fsp3) is 1.00. The average Bonchev–Trinajstić information content (AvgIpc) is 1.97. The van der Waals surface area contributed by atoms with Gasteiger partial charge < -0.3 is 9.47 Å². The van der Waals surface area contributed by atoms with E-state index in [0.29, 0.717) is 6.61 Å². The van der Waals surface area contributed by atoms with Crippen molar-refractivity contribution >= 4 is 0 Å². The first-order chi connectivity index (χ1) is 5.16. The third-order valence-electron chi connectivity index (χ3n) is 1.11. The number of ether oxygens (including phenoxy) is 2. The topological polar surface area (TPSA) is 18.5 Å². The van der Waals surface area contributed by atoms with E-state index in [0.717, 1.165) is 0 Å². The molecule has 0 rings (SSSR count). The molecule has 0 aliphatic carbocycles. The van der Waals surface area contributed by atoms with Crippen LogP contribution < -0.4 is 0 Å². The minimum atomic E-state index is -0.989. The Kier molecular flexibility index (Phi) is 6.46. The molecule has 0 aliphatic rings. The summed E-state index contributed by atoms with van der Waals surface area (Å²) in [6.07, 6.45) is -0.896. The highest BCUT2D eigenvalue weighted by atomic mass is 19.1. The van der Waals surface area contributed by atoms with Gasteiger partial charge >= 0.3 is 0 Å². The molecular weight excluding hydrogens is 147 g/mol. The number of hydrogen-bond donors (Lipinski definition) is 0. The largest absolute Gasteiger partial charge is 0.379 e. The van der Waals surface area contributed by atoms with E-state index in [1.54, 1.807) is 0 Å². The summed E-state index contributed by atoms with van der Waals surface area (Å²) in [4.78, 5) is 0. The Morgan fingerprint density at radius 3 is 2.36 bits per heavy atom. The SMILES string of the molecule is CCOCC(F)COC(C)C. The van der Waals surface area contributed by atoms with Crippen molar-refractivity contribution in [3.05, 3.63) is 0 Å². The Bertz CT molecular complexity index is 86.2. The van der Waals surface area contributed by atoms with Gasteiger partial charge in [0.05, 0.1) is 19.3 Å². The van der Waals surface area contributed by atoms with E-state index in [-0.39, 0.29) is 19.3 Å². The van der Waals surface area contributed by atoms with Crippen LogP contribution in [0.15, 0.2) is 0 Å². The van der Waals surface area contributed by atoms with E-state index in [9.17, 15) is 4.39 Å². The van der Waals surface area contributed by atoms with Crippen LogP contribution >= 0.6 is 0 Å². The molecule has 0 aromatic heterocycles. The second-order valence-corrected chi connectivity index (χ2v) is 2.64. The van der Waals surface area contributed by atoms with Gasteiger partial charge in [-0.1, -0.05) is 0 Å². The molecule has 0 bridgehead atoms. The van der Waals surface area contributed by atoms with Crippen LogP contribution in [0.3, 0.4) is 0 Å². The lowest BCUT2D eigenvalue weighted by Crippen LogP contribution is -2.19. The van der Waals surface area contributed by atoms with Crippen molar-refractivity contribution in [2.24, 2.45) is 0 Å². The summed E-state index contributed by atoms with van der Waals surface area (Å²) >= 11 is 0. The molecule has 0 radical (unpaired) electrons. The number of hydrogen-bond acceptors (Lipinski definition) is 2. The Hall–Kier alpha value is -0.150. The van der Waals surface area contributed by atoms with Gasteiger partial charge in [-0.3, -0.25) is 0 Å². The van der Waals surface area contributed by atoms with E-state index in [1.807, 2.05) is 20.8 Å². The summed E-state index contributed by atoms with van der Waals surface area (Å²) in [7, 11) is 0. The van der Waals surface area contributed by atoms with Crippen molar-refractivity contribution in [3.63, 3.8) is 0 Å². The van der Waals surface area contributed by atoms with Crippen molar-refractivity contribution in [3.8, 4) is 0 Å². The molecule has 0 aromatic carbocycles. The summed E-state index contributed by atoms with van der Waals surface area (Å²) < 4.78 is 22.6. The maximum absolute atomic E-state index is 12.7. The van der Waals surface area contributed by atoms with Crippen LogP contribution in [0.2, 0.25) is 0 Å². The van der Waals surface area contributed by atoms with Gasteiger partial charge in [0, 0.05) is 6.61 Å². The van der Waals surface area contributed by atoms with Crippen molar-refractivity contribution in [1.29, 1.82) is 0 Å². The van der Waals surface area contributed by atoms with Gasteiger partial charge in [-0.05, 0) is 20.8 Å². The Morgan fingerprint density at radius 2 is 1.91 bits per heavy atom. The number of alkyl halides is 1. The van der Waals surface area contributed by atoms with Crippen LogP contribution in [0, 0.1) is 0 Å². The Labute approximate surface area is 67.7 Å². The standard InChI is InChI=1S/C8H17FO2/c1-4-10-5-8(9)6-11-7(2)3/h7-8H,4-6H2,1-3H3. The third kappa shape index (κ3) is 7.75. The van der Waals surface area contributed by atoms with Gasteiger partial charge in [0.25, 0.3) is 0 Å². The van der Waals surface area contributed by atoms with Crippen molar-refractivity contribution in [2.45, 2.75) is 33.0 Å². The zero-order valence-corrected chi connectivity index (χ0v) is 7.47. The predicted molar refractivity (Wildman–Crippen MR) is 42.5 cm³/mol. The number of rotatable bonds is 6. The first-order valence-electron chi connectivity index (χ1n) is 4.00. The first kappa shape index (κ1) is 10.8. The first-order valence-corrected chi connectivity index (χ1v) is 4.00. The molecule has 0 saturated carbocycles. The Morgan fingerprint density at radius 1 is 1.27 bits per heavy atom. The van der Waals surface area contributed by atoms with Crippen LogP contribution in [0.4, 0.5) is 4.39 Å². The van der Waals surface area contributed by atoms with Crippen LogP contribution in [-0.4, -0.2) is 32.1 Å². The molecular formula is C8H17FO2. The lowest BCUT2D eigenvalue weighted by molar-refractivity contribution is 0.00202. The quantitative estimate of drug-likeness (QED) is 0.595. The normalized spacial score (nSPS) is 13.9. The number of halogens is 1. The second kappa shape index (κ2) is 6.55. The smallest absolute Gasteiger partial charge is 0.147 e. The van der Waals surface area contributed by atoms with Crippen LogP contribution in [0.5, 0.6) is 0 Å². The van der Waals surface area contributed by atoms with E-state index in [2.05, 4.69) is 0 Å². The van der Waals surface area contributed by atoms with E-state index in [1.165, 1.54) is 0 Å². The van der Waals surface area contributed by atoms with Gasteiger partial charge in [-0.25, -0.2) is 4.39 Å². The summed E-state index contributed by atoms with van der Waals surface area (Å²) in [5.41, 5.74) is 0. The van der Waals surface area contributed by atoms with E-state index in [4.69, 9.17) is 9.47 Å². The molecule has 0 N–H and O–H groups in total. The molecule has 1 unspecified atom stereocenters. The van der Waals surface area contributed by atoms with Crippen LogP contribution in [0.1, 0.15) is 20.8 Å². The monoisotopic (exact) mass is 164 g/mol. The minimum absolute atomic E-state index is 0.0925. The molecule has 3 heteroatoms. The average molecular weight is 164 g/mol. The highest BCUT2D eigenvalue weighted by Crippen LogP contribution is 1.96. The zero-order chi connectivity index (χ0) is 8.69. The molecule has 0 aromatic rings. The lowest BCUT2D eigenvalue weighted by atomic mass is 10.4. The Balaban J connectivity index is 3.15. The van der Waals surface area contributed by atoms with Gasteiger partial charge in [0.1, 0.15) is 6.17 Å². The fourth-order valence-corrected chi connectivity index (χ4v) is 0.591. The van der Waals surface area contributed by atoms with Gasteiger partial charge in [0.2, 0.25) is 0 Å². The third-order valence-corrected chi connectivity index (χ3v) is 1.11. The predicted octanol–water partition coefficient (Wildman–Crippen LogP) is 1.79. The lowest BCUT2D eigenvalue weighted by Gasteiger charge is -2.10. The summed E-state index contributed by atoms with van der Waals surface area (Å²) in [6, 6.07) is 0. The van der Waals surface area contributed by atoms with Crippen molar-refractivity contribution in [1.82, 2.24) is 0 Å². The molecule has 2 nitrogen and oxygen atoms in total. The molecule has 0 aliphatic heterocycles. The highest BCUT2D eigenvalue weighted by molar-refractivity contribution is 4.52. The molecule has 0 fully saturated rings. The van der Waals surface area contributed by atoms with Gasteiger partial charge in [0.15, 0.2) is 0 Å². The maximum Gasteiger partial charge on any atom is 0.147 e. The minimum Gasteiger partial charge on any atom is -0.379 e. The van der Waals surface area contributed by atoms with E-state index < -0.39 is 6.17 Å². The van der Waals surface area contributed by atoms with E-state index >= 15 is 0 Å². The summed E-state index contributed by atoms with van der Waals surface area (Å²) in [5, 5.41) is 0. The summed E-state index contributed by atoms with van der Waals surface area (Å²) in [6.45, 7) is 6.44. The molecule has 68 valence electrons. The zero-order valence-electron chi connectivity index (χ0n) is 7.47. The van der Waals surface area contributed by atoms with Gasteiger partial charge in [-0.2, -0.15) is 0 Å². The fourth-order valence-electron chi connectivity index (χ4n) is 0.591. The molecule has 0 amide bonds. The molecule has 1 atom stereocenters.